The molecule has 0 bridgehead atoms. The van der Waals surface area contributed by atoms with E-state index >= 15 is 0 Å². The lowest BCUT2D eigenvalue weighted by Gasteiger charge is -2.15. The van der Waals surface area contributed by atoms with Gasteiger partial charge in [0.2, 0.25) is 0 Å². The molecule has 29 heavy (non-hydrogen) atoms. The number of hydrogen-bond donors (Lipinski definition) is 2. The maximum atomic E-state index is 12.4. The number of anilines is 2. The first-order valence-corrected chi connectivity index (χ1v) is 9.50. The predicted octanol–water partition coefficient (Wildman–Crippen LogP) is 5.31. The van der Waals surface area contributed by atoms with Crippen molar-refractivity contribution in [1.82, 2.24) is 0 Å². The maximum absolute atomic E-state index is 12.4. The van der Waals surface area contributed by atoms with Crippen LogP contribution < -0.4 is 15.4 Å². The van der Waals surface area contributed by atoms with Crippen LogP contribution in [0.25, 0.3) is 0 Å². The Labute approximate surface area is 174 Å². The van der Waals surface area contributed by atoms with E-state index in [-0.39, 0.29) is 11.8 Å². The number of amides is 2. The summed E-state index contributed by atoms with van der Waals surface area (Å²) in [5.74, 6) is -0.0462. The van der Waals surface area contributed by atoms with Gasteiger partial charge >= 0.3 is 0 Å². The summed E-state index contributed by atoms with van der Waals surface area (Å²) in [6.45, 7) is 3.65. The Morgan fingerprint density at radius 2 is 1.55 bits per heavy atom. The molecule has 3 rings (SSSR count). The minimum Gasteiger partial charge on any atom is -0.481 e. The van der Waals surface area contributed by atoms with Crippen LogP contribution >= 0.6 is 11.6 Å². The quantitative estimate of drug-likeness (QED) is 0.581. The molecule has 1 atom stereocenters. The zero-order valence-electron chi connectivity index (χ0n) is 16.1. The van der Waals surface area contributed by atoms with Crippen LogP contribution in [-0.2, 0) is 4.79 Å². The summed E-state index contributed by atoms with van der Waals surface area (Å²) >= 11 is 6.06. The molecule has 0 saturated heterocycles. The number of nitrogens with one attached hydrogen (secondary N) is 2. The zero-order valence-corrected chi connectivity index (χ0v) is 16.9. The lowest BCUT2D eigenvalue weighted by Crippen LogP contribution is -2.30. The fourth-order valence-corrected chi connectivity index (χ4v) is 2.76. The van der Waals surface area contributed by atoms with Crippen molar-refractivity contribution in [2.24, 2.45) is 0 Å². The molecule has 0 aliphatic rings. The zero-order chi connectivity index (χ0) is 20.8. The third-order valence-corrected chi connectivity index (χ3v) is 4.57. The molecule has 0 spiro atoms. The van der Waals surface area contributed by atoms with E-state index in [9.17, 15) is 9.59 Å². The molecule has 0 heterocycles. The lowest BCUT2D eigenvalue weighted by molar-refractivity contribution is -0.122. The number of rotatable bonds is 6. The van der Waals surface area contributed by atoms with E-state index in [1.165, 1.54) is 0 Å². The summed E-state index contributed by atoms with van der Waals surface area (Å²) in [6, 6.07) is 21.1. The molecular formula is C23H21ClN2O3. The van der Waals surface area contributed by atoms with Crippen molar-refractivity contribution >= 4 is 34.8 Å². The Bertz CT molecular complexity index is 1000. The van der Waals surface area contributed by atoms with Crippen LogP contribution in [0.15, 0.2) is 72.8 Å². The monoisotopic (exact) mass is 408 g/mol. The fourth-order valence-electron chi connectivity index (χ4n) is 2.58. The Morgan fingerprint density at radius 1 is 0.897 bits per heavy atom. The van der Waals surface area contributed by atoms with E-state index in [2.05, 4.69) is 10.6 Å². The maximum Gasteiger partial charge on any atom is 0.265 e. The van der Waals surface area contributed by atoms with Gasteiger partial charge in [0.05, 0.1) is 10.7 Å². The first kappa shape index (κ1) is 20.4. The van der Waals surface area contributed by atoms with Crippen LogP contribution in [0.5, 0.6) is 5.75 Å². The van der Waals surface area contributed by atoms with Gasteiger partial charge in [0, 0.05) is 11.3 Å². The Hall–Kier alpha value is -3.31. The van der Waals surface area contributed by atoms with Gasteiger partial charge in [-0.15, -0.1) is 0 Å². The van der Waals surface area contributed by atoms with Gasteiger partial charge in [0.15, 0.2) is 6.10 Å². The van der Waals surface area contributed by atoms with Gasteiger partial charge in [-0.1, -0.05) is 41.4 Å². The van der Waals surface area contributed by atoms with Crippen molar-refractivity contribution in [1.29, 1.82) is 0 Å². The molecule has 0 saturated carbocycles. The first-order valence-electron chi connectivity index (χ1n) is 9.12. The second kappa shape index (κ2) is 9.26. The summed E-state index contributed by atoms with van der Waals surface area (Å²) in [5.41, 5.74) is 2.82. The molecular weight excluding hydrogens is 388 g/mol. The van der Waals surface area contributed by atoms with E-state index in [0.29, 0.717) is 27.7 Å². The minimum atomic E-state index is -0.695. The highest BCUT2D eigenvalue weighted by Crippen LogP contribution is 2.22. The van der Waals surface area contributed by atoms with Crippen LogP contribution in [-0.4, -0.2) is 17.9 Å². The molecule has 3 aromatic carbocycles. The molecule has 0 aliphatic heterocycles. The summed E-state index contributed by atoms with van der Waals surface area (Å²) < 4.78 is 5.68. The van der Waals surface area contributed by atoms with Crippen molar-refractivity contribution in [3.05, 3.63) is 88.9 Å². The average molecular weight is 409 g/mol. The number of para-hydroxylation sites is 1. The summed E-state index contributed by atoms with van der Waals surface area (Å²) in [7, 11) is 0. The molecule has 0 radical (unpaired) electrons. The smallest absolute Gasteiger partial charge is 0.265 e. The molecule has 5 nitrogen and oxygen atoms in total. The van der Waals surface area contributed by atoms with E-state index in [1.54, 1.807) is 55.5 Å². The van der Waals surface area contributed by atoms with Crippen LogP contribution in [0.2, 0.25) is 5.02 Å². The highest BCUT2D eigenvalue weighted by atomic mass is 35.5. The van der Waals surface area contributed by atoms with Gasteiger partial charge in [-0.2, -0.15) is 0 Å². The standard InChI is InChI=1S/C23H21ClN2O3/c1-15-7-11-18(12-8-15)25-22(27)16(2)29-19-13-9-17(10-14-19)23(28)26-21-6-4-3-5-20(21)24/h3-14,16H,1-2H3,(H,25,27)(H,26,28)/t16-/m0/s1. The van der Waals surface area contributed by atoms with Gasteiger partial charge in [0.25, 0.3) is 11.8 Å². The van der Waals surface area contributed by atoms with Gasteiger partial charge in [-0.05, 0) is 62.4 Å². The predicted molar refractivity (Wildman–Crippen MR) is 116 cm³/mol. The highest BCUT2D eigenvalue weighted by molar-refractivity contribution is 6.33. The summed E-state index contributed by atoms with van der Waals surface area (Å²) in [6.07, 6.45) is -0.695. The van der Waals surface area contributed by atoms with E-state index in [4.69, 9.17) is 16.3 Å². The number of ether oxygens (including phenoxy) is 1. The second-order valence-electron chi connectivity index (χ2n) is 6.57. The summed E-state index contributed by atoms with van der Waals surface area (Å²) in [4.78, 5) is 24.7. The Morgan fingerprint density at radius 3 is 2.21 bits per heavy atom. The Balaban J connectivity index is 1.58. The van der Waals surface area contributed by atoms with Crippen LogP contribution in [0.4, 0.5) is 11.4 Å². The molecule has 0 aliphatic carbocycles. The van der Waals surface area contributed by atoms with Crippen LogP contribution in [0.1, 0.15) is 22.8 Å². The molecule has 148 valence electrons. The number of carbonyl (C=O) groups is 2. The average Bonchev–Trinajstić information content (AvgIpc) is 2.72. The molecule has 0 aromatic heterocycles. The molecule has 2 amide bonds. The minimum absolute atomic E-state index is 0.255. The van der Waals surface area contributed by atoms with Gasteiger partial charge in [0.1, 0.15) is 5.75 Å². The van der Waals surface area contributed by atoms with Crippen molar-refractivity contribution in [3.8, 4) is 5.75 Å². The SMILES string of the molecule is Cc1ccc(NC(=O)[C@H](C)Oc2ccc(C(=O)Nc3ccccc3Cl)cc2)cc1. The summed E-state index contributed by atoms with van der Waals surface area (Å²) in [5, 5.41) is 6.04. The van der Waals surface area contributed by atoms with Crippen molar-refractivity contribution in [2.45, 2.75) is 20.0 Å². The molecule has 2 N–H and O–H groups in total. The first-order chi connectivity index (χ1) is 13.9. The second-order valence-corrected chi connectivity index (χ2v) is 6.98. The van der Waals surface area contributed by atoms with Crippen LogP contribution in [0, 0.1) is 6.92 Å². The highest BCUT2D eigenvalue weighted by Gasteiger charge is 2.15. The normalized spacial score (nSPS) is 11.4. The number of halogens is 1. The largest absolute Gasteiger partial charge is 0.481 e. The molecule has 6 heteroatoms. The number of carbonyl (C=O) groups excluding carboxylic acids is 2. The van der Waals surface area contributed by atoms with E-state index in [1.807, 2.05) is 31.2 Å². The fraction of sp³-hybridized carbons (Fsp3) is 0.130. The third-order valence-electron chi connectivity index (χ3n) is 4.24. The lowest BCUT2D eigenvalue weighted by atomic mass is 10.2. The van der Waals surface area contributed by atoms with Crippen molar-refractivity contribution < 1.29 is 14.3 Å². The Kier molecular flexibility index (Phi) is 6.52. The molecule has 3 aromatic rings. The van der Waals surface area contributed by atoms with E-state index in [0.717, 1.165) is 5.56 Å². The van der Waals surface area contributed by atoms with Crippen LogP contribution in [0.3, 0.4) is 0 Å². The van der Waals surface area contributed by atoms with Crippen molar-refractivity contribution in [3.63, 3.8) is 0 Å². The topological polar surface area (TPSA) is 67.4 Å². The van der Waals surface area contributed by atoms with Gasteiger partial charge < -0.3 is 15.4 Å². The number of hydrogen-bond acceptors (Lipinski definition) is 3. The third kappa shape index (κ3) is 5.59. The van der Waals surface area contributed by atoms with Crippen molar-refractivity contribution in [2.75, 3.05) is 10.6 Å². The van der Waals surface area contributed by atoms with Gasteiger partial charge in [-0.25, -0.2) is 0 Å². The van der Waals surface area contributed by atoms with Gasteiger partial charge in [-0.3, -0.25) is 9.59 Å². The number of benzene rings is 3. The molecule has 0 fully saturated rings. The number of aryl methyl sites for hydroxylation is 1. The molecule has 0 unspecified atom stereocenters. The van der Waals surface area contributed by atoms with E-state index < -0.39 is 6.10 Å².